The van der Waals surface area contributed by atoms with Gasteiger partial charge in [0.25, 0.3) is 0 Å². The van der Waals surface area contributed by atoms with Gasteiger partial charge >= 0.3 is 0 Å². The molecule has 1 unspecified atom stereocenters. The fourth-order valence-corrected chi connectivity index (χ4v) is 4.26. The smallest absolute Gasteiger partial charge is 0.200 e. The van der Waals surface area contributed by atoms with E-state index in [2.05, 4.69) is 74.4 Å². The second-order valence-corrected chi connectivity index (χ2v) is 8.29. The lowest BCUT2D eigenvalue weighted by atomic mass is 10.0. The van der Waals surface area contributed by atoms with Gasteiger partial charge in [0.2, 0.25) is 4.05 Å². The molecule has 0 spiro atoms. The number of quaternary nitrogens is 1. The molecule has 0 radical (unpaired) electrons. The standard InChI is InChI=1S/C22H35IN.ClH/c1-6-9-11-16-24(22(23)8-3,17-12-10-7-2)18-21-19(4)14-13-15-20(21)5;/h3,13-15,22H,6-7,9-12,16-18H2,1-2,4-5H3;1H/q+1;/p-1. The summed E-state index contributed by atoms with van der Waals surface area (Å²) in [6.07, 6.45) is 13.6. The van der Waals surface area contributed by atoms with E-state index in [9.17, 15) is 0 Å². The zero-order valence-corrected chi connectivity index (χ0v) is 19.4. The van der Waals surface area contributed by atoms with Crippen molar-refractivity contribution in [2.24, 2.45) is 0 Å². The van der Waals surface area contributed by atoms with Gasteiger partial charge in [0.15, 0.2) is 0 Å². The van der Waals surface area contributed by atoms with E-state index < -0.39 is 0 Å². The van der Waals surface area contributed by atoms with Gasteiger partial charge in [-0.15, -0.1) is 6.42 Å². The van der Waals surface area contributed by atoms with Gasteiger partial charge in [-0.2, -0.15) is 0 Å². The Balaban J connectivity index is 0.00000576. The lowest BCUT2D eigenvalue weighted by molar-refractivity contribution is -0.940. The van der Waals surface area contributed by atoms with Gasteiger partial charge in [0.1, 0.15) is 6.54 Å². The van der Waals surface area contributed by atoms with E-state index >= 15 is 0 Å². The Bertz CT molecular complexity index is 505. The van der Waals surface area contributed by atoms with Gasteiger partial charge in [0, 0.05) is 28.2 Å². The zero-order chi connectivity index (χ0) is 18.0. The van der Waals surface area contributed by atoms with Crippen LogP contribution in [0.15, 0.2) is 18.2 Å². The first-order valence-electron chi connectivity index (χ1n) is 9.51. The maximum Gasteiger partial charge on any atom is 0.200 e. The molecule has 0 aliphatic carbocycles. The van der Waals surface area contributed by atoms with E-state index in [-0.39, 0.29) is 16.5 Å². The molecule has 0 saturated carbocycles. The van der Waals surface area contributed by atoms with E-state index in [1.807, 2.05) is 0 Å². The molecule has 0 amide bonds. The normalized spacial score (nSPS) is 12.3. The predicted octanol–water partition coefficient (Wildman–Crippen LogP) is 3.40. The van der Waals surface area contributed by atoms with E-state index in [0.29, 0.717) is 0 Å². The van der Waals surface area contributed by atoms with Crippen molar-refractivity contribution in [1.82, 2.24) is 0 Å². The van der Waals surface area contributed by atoms with Crippen molar-refractivity contribution < 1.29 is 16.9 Å². The molecule has 0 aromatic heterocycles. The Morgan fingerprint density at radius 1 is 1.00 bits per heavy atom. The van der Waals surface area contributed by atoms with E-state index in [1.54, 1.807) is 0 Å². The van der Waals surface area contributed by atoms with Crippen molar-refractivity contribution in [3.63, 3.8) is 0 Å². The number of terminal acetylenes is 1. The number of halogens is 2. The fourth-order valence-electron chi connectivity index (χ4n) is 3.50. The van der Waals surface area contributed by atoms with Crippen molar-refractivity contribution >= 4 is 22.6 Å². The SMILES string of the molecule is C#CC(I)[N+](CCCCC)(CCCCC)Cc1c(C)cccc1C.[Cl-]. The quantitative estimate of drug-likeness (QED) is 0.115. The van der Waals surface area contributed by atoms with Gasteiger partial charge in [0.05, 0.1) is 13.1 Å². The maximum atomic E-state index is 5.92. The van der Waals surface area contributed by atoms with E-state index in [4.69, 9.17) is 6.42 Å². The van der Waals surface area contributed by atoms with Crippen molar-refractivity contribution in [1.29, 1.82) is 0 Å². The molecule has 1 atom stereocenters. The highest BCUT2D eigenvalue weighted by molar-refractivity contribution is 14.1. The van der Waals surface area contributed by atoms with Crippen LogP contribution in [-0.4, -0.2) is 21.6 Å². The van der Waals surface area contributed by atoms with Crippen molar-refractivity contribution in [3.05, 3.63) is 34.9 Å². The van der Waals surface area contributed by atoms with E-state index in [1.165, 1.54) is 68.3 Å². The average molecular weight is 476 g/mol. The van der Waals surface area contributed by atoms with Crippen LogP contribution < -0.4 is 12.4 Å². The van der Waals surface area contributed by atoms with Crippen LogP contribution in [0, 0.1) is 26.2 Å². The summed E-state index contributed by atoms with van der Waals surface area (Å²) in [5, 5.41) is 0. The van der Waals surface area contributed by atoms with Gasteiger partial charge < -0.3 is 12.4 Å². The Morgan fingerprint density at radius 2 is 1.48 bits per heavy atom. The Labute approximate surface area is 176 Å². The van der Waals surface area contributed by atoms with Gasteiger partial charge in [-0.25, -0.2) is 0 Å². The summed E-state index contributed by atoms with van der Waals surface area (Å²) in [5.41, 5.74) is 4.32. The third-order valence-corrected chi connectivity index (χ3v) is 6.69. The molecule has 142 valence electrons. The largest absolute Gasteiger partial charge is 1.00 e. The topological polar surface area (TPSA) is 0 Å². The number of hydrogen-bond acceptors (Lipinski definition) is 0. The number of benzene rings is 1. The Morgan fingerprint density at radius 3 is 1.88 bits per heavy atom. The minimum Gasteiger partial charge on any atom is -1.00 e. The predicted molar refractivity (Wildman–Crippen MR) is 115 cm³/mol. The van der Waals surface area contributed by atoms with Crippen molar-refractivity contribution in [2.45, 2.75) is 76.8 Å². The Kier molecular flexibility index (Phi) is 12.9. The number of aryl methyl sites for hydroxylation is 2. The summed E-state index contributed by atoms with van der Waals surface area (Å²) < 4.78 is 1.29. The second-order valence-electron chi connectivity index (χ2n) is 7.11. The molecule has 1 nitrogen and oxygen atoms in total. The van der Waals surface area contributed by atoms with Gasteiger partial charge in [-0.05, 0) is 56.6 Å². The van der Waals surface area contributed by atoms with Crippen LogP contribution >= 0.6 is 22.6 Å². The number of rotatable bonds is 11. The highest BCUT2D eigenvalue weighted by atomic mass is 127. The summed E-state index contributed by atoms with van der Waals surface area (Å²) in [4.78, 5) is 0. The molecule has 0 aliphatic heterocycles. The number of alkyl halides is 1. The minimum atomic E-state index is 0. The molecule has 0 aliphatic rings. The lowest BCUT2D eigenvalue weighted by Crippen LogP contribution is -3.00. The molecule has 1 rings (SSSR count). The summed E-state index contributed by atoms with van der Waals surface area (Å²) in [6, 6.07) is 6.65. The molecule has 3 heteroatoms. The van der Waals surface area contributed by atoms with Gasteiger partial charge in [-0.3, -0.25) is 4.48 Å². The van der Waals surface area contributed by atoms with Crippen LogP contribution in [0.4, 0.5) is 0 Å². The third-order valence-electron chi connectivity index (χ3n) is 5.15. The first-order chi connectivity index (χ1) is 11.5. The number of hydrogen-bond donors (Lipinski definition) is 0. The minimum absolute atomic E-state index is 0. The molecular formula is C22H35ClIN. The second kappa shape index (κ2) is 13.0. The van der Waals surface area contributed by atoms with Gasteiger partial charge in [-0.1, -0.05) is 44.9 Å². The summed E-state index contributed by atoms with van der Waals surface area (Å²) in [5.74, 6) is 3.08. The third kappa shape index (κ3) is 7.49. The zero-order valence-electron chi connectivity index (χ0n) is 16.5. The molecule has 0 heterocycles. The Hall–Kier alpha value is -0.240. The number of nitrogens with zero attached hydrogens (tertiary/aromatic N) is 1. The van der Waals surface area contributed by atoms with Crippen LogP contribution in [-0.2, 0) is 6.54 Å². The monoisotopic (exact) mass is 475 g/mol. The average Bonchev–Trinajstić information content (AvgIpc) is 2.57. The number of unbranched alkanes of at least 4 members (excludes halogenated alkanes) is 4. The molecule has 0 N–H and O–H groups in total. The summed E-state index contributed by atoms with van der Waals surface area (Å²) in [7, 11) is 0. The molecule has 1 aromatic rings. The first kappa shape index (κ1) is 24.8. The van der Waals surface area contributed by atoms with Crippen molar-refractivity contribution in [2.75, 3.05) is 13.1 Å². The lowest BCUT2D eigenvalue weighted by Gasteiger charge is -2.41. The molecule has 0 saturated heterocycles. The van der Waals surface area contributed by atoms with Crippen LogP contribution in [0.5, 0.6) is 0 Å². The molecule has 25 heavy (non-hydrogen) atoms. The molecule has 0 bridgehead atoms. The molecule has 1 aromatic carbocycles. The fraction of sp³-hybridized carbons (Fsp3) is 0.636. The highest BCUT2D eigenvalue weighted by Crippen LogP contribution is 2.29. The summed E-state index contributed by atoms with van der Waals surface area (Å²) in [6.45, 7) is 12.5. The highest BCUT2D eigenvalue weighted by Gasteiger charge is 2.34. The molecular weight excluding hydrogens is 441 g/mol. The van der Waals surface area contributed by atoms with Crippen LogP contribution in [0.1, 0.15) is 69.1 Å². The van der Waals surface area contributed by atoms with Crippen LogP contribution in [0.2, 0.25) is 0 Å². The summed E-state index contributed by atoms with van der Waals surface area (Å²) >= 11 is 2.51. The molecule has 0 fully saturated rings. The van der Waals surface area contributed by atoms with Crippen LogP contribution in [0.25, 0.3) is 0 Å². The maximum absolute atomic E-state index is 5.92. The van der Waals surface area contributed by atoms with Crippen molar-refractivity contribution in [3.8, 4) is 12.3 Å². The van der Waals surface area contributed by atoms with E-state index in [0.717, 1.165) is 11.0 Å². The first-order valence-corrected chi connectivity index (χ1v) is 10.8. The van der Waals surface area contributed by atoms with Crippen LogP contribution in [0.3, 0.4) is 0 Å².